The first-order chi connectivity index (χ1) is 12.2. The Hall–Kier alpha value is -2.50. The summed E-state index contributed by atoms with van der Waals surface area (Å²) in [4.78, 5) is 12.1. The number of fused-ring (bicyclic) bond motifs is 1. The zero-order chi connectivity index (χ0) is 17.6. The third-order valence-corrected chi connectivity index (χ3v) is 4.54. The lowest BCUT2D eigenvalue weighted by molar-refractivity contribution is 0.211. The number of para-hydroxylation sites is 1. The second-order valence-electron chi connectivity index (χ2n) is 6.29. The van der Waals surface area contributed by atoms with Gasteiger partial charge in [-0.25, -0.2) is 4.79 Å². The van der Waals surface area contributed by atoms with E-state index in [2.05, 4.69) is 21.9 Å². The van der Waals surface area contributed by atoms with Crippen molar-refractivity contribution in [1.29, 1.82) is 0 Å². The number of hydrogen-bond acceptors (Lipinski definition) is 4. The van der Waals surface area contributed by atoms with Crippen molar-refractivity contribution in [3.63, 3.8) is 0 Å². The van der Waals surface area contributed by atoms with Gasteiger partial charge in [0.15, 0.2) is 0 Å². The van der Waals surface area contributed by atoms with E-state index in [1.165, 1.54) is 5.56 Å². The lowest BCUT2D eigenvalue weighted by Gasteiger charge is -2.25. The summed E-state index contributed by atoms with van der Waals surface area (Å²) >= 11 is 0. The molecule has 134 valence electrons. The molecule has 1 unspecified atom stereocenters. The average Bonchev–Trinajstić information content (AvgIpc) is 3.06. The van der Waals surface area contributed by atoms with E-state index in [0.29, 0.717) is 19.7 Å². The fourth-order valence-electron chi connectivity index (χ4n) is 3.13. The summed E-state index contributed by atoms with van der Waals surface area (Å²) in [5, 5.41) is 9.90. The summed E-state index contributed by atoms with van der Waals surface area (Å²) in [6.45, 7) is 5.70. The van der Waals surface area contributed by atoms with Crippen LogP contribution in [0.3, 0.4) is 0 Å². The van der Waals surface area contributed by atoms with Gasteiger partial charge in [-0.15, -0.1) is 0 Å². The van der Waals surface area contributed by atoms with Crippen molar-refractivity contribution >= 4 is 6.03 Å². The highest BCUT2D eigenvalue weighted by atomic mass is 16.5. The third-order valence-electron chi connectivity index (χ3n) is 4.54. The number of carbonyl (C=O) groups is 1. The second-order valence-corrected chi connectivity index (χ2v) is 6.29. The van der Waals surface area contributed by atoms with Crippen LogP contribution in [-0.4, -0.2) is 24.3 Å². The molecule has 0 saturated heterocycles. The van der Waals surface area contributed by atoms with Gasteiger partial charge in [-0.3, -0.25) is 0 Å². The second kappa shape index (κ2) is 8.05. The maximum absolute atomic E-state index is 12.1. The standard InChI is InChI=1S/C19H25N3O3/c1-3-16-15(17(4-2)25-22-16)11-21-19(23)20-10-13-9-14-7-5-6-8-18(14)24-12-13/h5-8,13H,3-4,9-12H2,1-2H3,(H2,20,21,23). The van der Waals surface area contributed by atoms with E-state index in [1.54, 1.807) is 0 Å². The molecule has 1 atom stereocenters. The van der Waals surface area contributed by atoms with Gasteiger partial charge in [0.1, 0.15) is 11.5 Å². The Morgan fingerprint density at radius 1 is 1.24 bits per heavy atom. The number of nitrogens with one attached hydrogen (secondary N) is 2. The van der Waals surface area contributed by atoms with Gasteiger partial charge in [0.25, 0.3) is 0 Å². The monoisotopic (exact) mass is 343 g/mol. The Labute approximate surface area is 147 Å². The molecule has 1 aromatic carbocycles. The predicted octanol–water partition coefficient (Wildman–Crippen LogP) is 2.85. The highest BCUT2D eigenvalue weighted by molar-refractivity contribution is 5.73. The van der Waals surface area contributed by atoms with Gasteiger partial charge in [-0.2, -0.15) is 0 Å². The summed E-state index contributed by atoms with van der Waals surface area (Å²) in [6, 6.07) is 7.88. The number of nitrogens with zero attached hydrogens (tertiary/aromatic N) is 1. The summed E-state index contributed by atoms with van der Waals surface area (Å²) in [5.74, 6) is 2.08. The number of amides is 2. The van der Waals surface area contributed by atoms with Gasteiger partial charge in [0.2, 0.25) is 0 Å². The smallest absolute Gasteiger partial charge is 0.315 e. The summed E-state index contributed by atoms with van der Waals surface area (Å²) in [7, 11) is 0. The van der Waals surface area contributed by atoms with E-state index in [0.717, 1.165) is 42.0 Å². The molecule has 1 aliphatic heterocycles. The minimum absolute atomic E-state index is 0.177. The fraction of sp³-hybridized carbons (Fsp3) is 0.474. The fourth-order valence-corrected chi connectivity index (χ4v) is 3.13. The maximum atomic E-state index is 12.1. The normalized spacial score (nSPS) is 16.0. The molecular formula is C19H25N3O3. The van der Waals surface area contributed by atoms with Crippen molar-refractivity contribution in [2.75, 3.05) is 13.2 Å². The van der Waals surface area contributed by atoms with E-state index in [-0.39, 0.29) is 11.9 Å². The Bertz CT molecular complexity index is 705. The number of aryl methyl sites for hydroxylation is 2. The Kier molecular flexibility index (Phi) is 5.58. The molecule has 0 spiro atoms. The van der Waals surface area contributed by atoms with Crippen LogP contribution in [0.4, 0.5) is 4.79 Å². The van der Waals surface area contributed by atoms with Crippen molar-refractivity contribution in [2.24, 2.45) is 5.92 Å². The Balaban J connectivity index is 1.47. The van der Waals surface area contributed by atoms with Crippen molar-refractivity contribution in [3.05, 3.63) is 46.8 Å². The van der Waals surface area contributed by atoms with Gasteiger partial charge < -0.3 is 19.9 Å². The van der Waals surface area contributed by atoms with E-state index in [9.17, 15) is 4.79 Å². The highest BCUT2D eigenvalue weighted by Gasteiger charge is 2.20. The van der Waals surface area contributed by atoms with Crippen molar-refractivity contribution in [1.82, 2.24) is 15.8 Å². The van der Waals surface area contributed by atoms with Crippen LogP contribution in [0.5, 0.6) is 5.75 Å². The number of urea groups is 1. The van der Waals surface area contributed by atoms with E-state index < -0.39 is 0 Å². The summed E-state index contributed by atoms with van der Waals surface area (Å²) in [5.41, 5.74) is 3.11. The molecule has 1 aromatic heterocycles. The van der Waals surface area contributed by atoms with Gasteiger partial charge in [-0.1, -0.05) is 37.2 Å². The lowest BCUT2D eigenvalue weighted by atomic mass is 9.97. The quantitative estimate of drug-likeness (QED) is 0.845. The molecule has 6 nitrogen and oxygen atoms in total. The molecule has 25 heavy (non-hydrogen) atoms. The molecule has 0 radical (unpaired) electrons. The van der Waals surface area contributed by atoms with Gasteiger partial charge in [-0.05, 0) is 24.5 Å². The molecule has 0 aliphatic carbocycles. The van der Waals surface area contributed by atoms with Crippen LogP contribution in [0.1, 0.15) is 36.4 Å². The van der Waals surface area contributed by atoms with Crippen LogP contribution < -0.4 is 15.4 Å². The first-order valence-electron chi connectivity index (χ1n) is 8.89. The lowest BCUT2D eigenvalue weighted by Crippen LogP contribution is -2.40. The van der Waals surface area contributed by atoms with Crippen LogP contribution in [0.25, 0.3) is 0 Å². The van der Waals surface area contributed by atoms with Gasteiger partial charge in [0, 0.05) is 31.0 Å². The van der Waals surface area contributed by atoms with Crippen LogP contribution in [0.15, 0.2) is 28.8 Å². The highest BCUT2D eigenvalue weighted by Crippen LogP contribution is 2.26. The first kappa shape index (κ1) is 17.3. The minimum Gasteiger partial charge on any atom is -0.493 e. The zero-order valence-corrected chi connectivity index (χ0v) is 14.8. The van der Waals surface area contributed by atoms with E-state index >= 15 is 0 Å². The molecular weight excluding hydrogens is 318 g/mol. The minimum atomic E-state index is -0.177. The Morgan fingerprint density at radius 2 is 2.08 bits per heavy atom. The molecule has 0 fully saturated rings. The Morgan fingerprint density at radius 3 is 2.88 bits per heavy atom. The average molecular weight is 343 g/mol. The molecule has 0 bridgehead atoms. The summed E-state index contributed by atoms with van der Waals surface area (Å²) in [6.07, 6.45) is 2.48. The largest absolute Gasteiger partial charge is 0.493 e. The SMILES string of the molecule is CCc1noc(CC)c1CNC(=O)NCC1COc2ccccc2C1. The molecule has 2 amide bonds. The van der Waals surface area contributed by atoms with Crippen molar-refractivity contribution in [3.8, 4) is 5.75 Å². The topological polar surface area (TPSA) is 76.4 Å². The van der Waals surface area contributed by atoms with Crippen LogP contribution >= 0.6 is 0 Å². The van der Waals surface area contributed by atoms with Crippen LogP contribution in [0, 0.1) is 5.92 Å². The molecule has 2 aromatic rings. The number of hydrogen-bond donors (Lipinski definition) is 2. The van der Waals surface area contributed by atoms with Crippen LogP contribution in [-0.2, 0) is 25.8 Å². The van der Waals surface area contributed by atoms with E-state index in [1.807, 2.05) is 32.0 Å². The van der Waals surface area contributed by atoms with Crippen molar-refractivity contribution < 1.29 is 14.1 Å². The number of ether oxygens (including phenoxy) is 1. The number of benzene rings is 1. The van der Waals surface area contributed by atoms with E-state index in [4.69, 9.17) is 9.26 Å². The first-order valence-corrected chi connectivity index (χ1v) is 8.89. The number of carbonyl (C=O) groups excluding carboxylic acids is 1. The molecule has 1 aliphatic rings. The predicted molar refractivity (Wildman–Crippen MR) is 94.6 cm³/mol. The molecule has 6 heteroatoms. The molecule has 2 heterocycles. The summed E-state index contributed by atoms with van der Waals surface area (Å²) < 4.78 is 11.1. The van der Waals surface area contributed by atoms with Crippen LogP contribution in [0.2, 0.25) is 0 Å². The third kappa shape index (κ3) is 4.13. The van der Waals surface area contributed by atoms with Gasteiger partial charge >= 0.3 is 6.03 Å². The number of rotatable bonds is 6. The molecule has 3 rings (SSSR count). The zero-order valence-electron chi connectivity index (χ0n) is 14.8. The number of aromatic nitrogens is 1. The van der Waals surface area contributed by atoms with Crippen molar-refractivity contribution in [2.45, 2.75) is 39.7 Å². The molecule has 2 N–H and O–H groups in total. The maximum Gasteiger partial charge on any atom is 0.315 e. The van der Waals surface area contributed by atoms with Gasteiger partial charge in [0.05, 0.1) is 12.3 Å². The molecule has 0 saturated carbocycles.